The van der Waals surface area contributed by atoms with Crippen molar-refractivity contribution in [1.29, 1.82) is 0 Å². The Morgan fingerprint density at radius 2 is 1.95 bits per heavy atom. The van der Waals surface area contributed by atoms with Gasteiger partial charge in [0, 0.05) is 31.8 Å². The van der Waals surface area contributed by atoms with Crippen molar-refractivity contribution in [2.24, 2.45) is 17.1 Å². The summed E-state index contributed by atoms with van der Waals surface area (Å²) >= 11 is 0. The maximum absolute atomic E-state index is 6.51. The standard InChI is InChI=1S/C18H38N2O/c1-7-14(3)20(11-12-21-6)17-13-15(9-10-16(17)19)18(4,5)8-2/h14-17H,7-13,19H2,1-6H3. The Balaban J connectivity index is 2.83. The molecule has 1 aliphatic rings. The number of ether oxygens (including phenoxy) is 1. The van der Waals surface area contributed by atoms with Crippen molar-refractivity contribution in [1.82, 2.24) is 4.90 Å². The van der Waals surface area contributed by atoms with E-state index in [0.29, 0.717) is 23.5 Å². The lowest BCUT2D eigenvalue weighted by Gasteiger charge is -2.47. The summed E-state index contributed by atoms with van der Waals surface area (Å²) in [6, 6.07) is 1.42. The molecule has 1 fully saturated rings. The van der Waals surface area contributed by atoms with Gasteiger partial charge in [0.05, 0.1) is 6.61 Å². The molecule has 0 aromatic heterocycles. The average Bonchev–Trinajstić information content (AvgIpc) is 2.48. The van der Waals surface area contributed by atoms with Crippen LogP contribution in [0.3, 0.4) is 0 Å². The second kappa shape index (κ2) is 8.50. The fourth-order valence-corrected chi connectivity index (χ4v) is 3.69. The van der Waals surface area contributed by atoms with Crippen LogP contribution in [-0.4, -0.2) is 43.3 Å². The van der Waals surface area contributed by atoms with Crippen LogP contribution in [0.25, 0.3) is 0 Å². The zero-order valence-corrected chi connectivity index (χ0v) is 15.2. The van der Waals surface area contributed by atoms with Crippen molar-refractivity contribution in [3.05, 3.63) is 0 Å². The Hall–Kier alpha value is -0.120. The first-order valence-corrected chi connectivity index (χ1v) is 8.87. The molecule has 0 amide bonds. The zero-order chi connectivity index (χ0) is 16.0. The van der Waals surface area contributed by atoms with Crippen LogP contribution in [-0.2, 0) is 4.74 Å². The molecule has 0 radical (unpaired) electrons. The Labute approximate surface area is 132 Å². The summed E-state index contributed by atoms with van der Waals surface area (Å²) in [4.78, 5) is 2.62. The predicted molar refractivity (Wildman–Crippen MR) is 91.5 cm³/mol. The average molecular weight is 299 g/mol. The summed E-state index contributed by atoms with van der Waals surface area (Å²) in [7, 11) is 1.79. The van der Waals surface area contributed by atoms with Gasteiger partial charge in [0.15, 0.2) is 0 Å². The van der Waals surface area contributed by atoms with E-state index in [9.17, 15) is 0 Å². The van der Waals surface area contributed by atoms with Crippen molar-refractivity contribution < 1.29 is 4.74 Å². The number of rotatable bonds is 8. The van der Waals surface area contributed by atoms with Gasteiger partial charge in [0.1, 0.15) is 0 Å². The van der Waals surface area contributed by atoms with Gasteiger partial charge >= 0.3 is 0 Å². The molecule has 3 nitrogen and oxygen atoms in total. The summed E-state index contributed by atoms with van der Waals surface area (Å²) in [5.74, 6) is 0.793. The van der Waals surface area contributed by atoms with Gasteiger partial charge in [-0.25, -0.2) is 0 Å². The lowest BCUT2D eigenvalue weighted by atomic mass is 9.67. The van der Waals surface area contributed by atoms with Crippen molar-refractivity contribution in [3.63, 3.8) is 0 Å². The third kappa shape index (κ3) is 4.94. The highest BCUT2D eigenvalue weighted by Crippen LogP contribution is 2.41. The maximum Gasteiger partial charge on any atom is 0.0589 e. The first kappa shape index (κ1) is 18.9. The van der Waals surface area contributed by atoms with Crippen LogP contribution < -0.4 is 5.73 Å². The summed E-state index contributed by atoms with van der Waals surface area (Å²) < 4.78 is 5.33. The molecule has 0 aliphatic heterocycles. The van der Waals surface area contributed by atoms with Gasteiger partial charge in [0.2, 0.25) is 0 Å². The highest BCUT2D eigenvalue weighted by molar-refractivity contribution is 4.94. The Morgan fingerprint density at radius 3 is 2.48 bits per heavy atom. The van der Waals surface area contributed by atoms with Crippen molar-refractivity contribution in [2.45, 2.75) is 84.8 Å². The second-order valence-electron chi connectivity index (χ2n) is 7.57. The molecule has 0 aromatic rings. The van der Waals surface area contributed by atoms with Crippen molar-refractivity contribution in [3.8, 4) is 0 Å². The minimum Gasteiger partial charge on any atom is -0.383 e. The number of nitrogens with zero attached hydrogens (tertiary/aromatic N) is 1. The molecule has 4 atom stereocenters. The van der Waals surface area contributed by atoms with E-state index in [4.69, 9.17) is 10.5 Å². The quantitative estimate of drug-likeness (QED) is 0.743. The largest absolute Gasteiger partial charge is 0.383 e. The van der Waals surface area contributed by atoms with Gasteiger partial charge in [-0.05, 0) is 43.9 Å². The topological polar surface area (TPSA) is 38.5 Å². The van der Waals surface area contributed by atoms with E-state index in [2.05, 4.69) is 39.5 Å². The SMILES string of the molecule is CCC(C)N(CCOC)C1CC(C(C)(C)CC)CCC1N. The third-order valence-corrected chi connectivity index (χ3v) is 6.02. The molecule has 0 bridgehead atoms. The lowest BCUT2D eigenvalue weighted by Crippen LogP contribution is -2.56. The monoisotopic (exact) mass is 298 g/mol. The fourth-order valence-electron chi connectivity index (χ4n) is 3.69. The van der Waals surface area contributed by atoms with Gasteiger partial charge in [-0.1, -0.05) is 34.1 Å². The zero-order valence-electron chi connectivity index (χ0n) is 15.2. The van der Waals surface area contributed by atoms with Gasteiger partial charge in [-0.2, -0.15) is 0 Å². The molecule has 0 aromatic carbocycles. The Kier molecular flexibility index (Phi) is 7.66. The highest BCUT2D eigenvalue weighted by Gasteiger charge is 2.39. The Morgan fingerprint density at radius 1 is 1.29 bits per heavy atom. The fraction of sp³-hybridized carbons (Fsp3) is 1.00. The molecular formula is C18H38N2O. The van der Waals surface area contributed by atoms with Gasteiger partial charge in [-0.15, -0.1) is 0 Å². The van der Waals surface area contributed by atoms with Crippen LogP contribution in [0.1, 0.15) is 66.7 Å². The van der Waals surface area contributed by atoms with E-state index in [0.717, 1.165) is 19.1 Å². The van der Waals surface area contributed by atoms with E-state index < -0.39 is 0 Å². The van der Waals surface area contributed by atoms with E-state index in [-0.39, 0.29) is 0 Å². The molecule has 3 heteroatoms. The third-order valence-electron chi connectivity index (χ3n) is 6.02. The summed E-state index contributed by atoms with van der Waals surface area (Å²) in [5.41, 5.74) is 6.94. The molecule has 1 aliphatic carbocycles. The van der Waals surface area contributed by atoms with Gasteiger partial charge in [-0.3, -0.25) is 4.90 Å². The van der Waals surface area contributed by atoms with E-state index in [1.165, 1.54) is 32.1 Å². The van der Waals surface area contributed by atoms with E-state index in [1.807, 2.05) is 0 Å². The first-order valence-electron chi connectivity index (χ1n) is 8.87. The van der Waals surface area contributed by atoms with Crippen LogP contribution in [0, 0.1) is 11.3 Å². The number of methoxy groups -OCH3 is 1. The molecule has 126 valence electrons. The molecule has 0 spiro atoms. The minimum atomic E-state index is 0.319. The highest BCUT2D eigenvalue weighted by atomic mass is 16.5. The minimum absolute atomic E-state index is 0.319. The van der Waals surface area contributed by atoms with Gasteiger partial charge < -0.3 is 10.5 Å². The van der Waals surface area contributed by atoms with Crippen LogP contribution in [0.4, 0.5) is 0 Å². The Bertz CT molecular complexity index is 293. The van der Waals surface area contributed by atoms with Crippen molar-refractivity contribution in [2.75, 3.05) is 20.3 Å². The molecule has 1 rings (SSSR count). The van der Waals surface area contributed by atoms with Crippen LogP contribution in [0.15, 0.2) is 0 Å². The molecule has 21 heavy (non-hydrogen) atoms. The number of nitrogens with two attached hydrogens (primary N) is 1. The van der Waals surface area contributed by atoms with Crippen LogP contribution in [0.2, 0.25) is 0 Å². The molecule has 0 saturated heterocycles. The van der Waals surface area contributed by atoms with Crippen LogP contribution >= 0.6 is 0 Å². The van der Waals surface area contributed by atoms with Gasteiger partial charge in [0.25, 0.3) is 0 Å². The lowest BCUT2D eigenvalue weighted by molar-refractivity contribution is 0.0234. The van der Waals surface area contributed by atoms with E-state index >= 15 is 0 Å². The molecule has 1 saturated carbocycles. The first-order chi connectivity index (χ1) is 9.87. The summed E-state index contributed by atoms with van der Waals surface area (Å²) in [6.45, 7) is 13.6. The molecular weight excluding hydrogens is 260 g/mol. The summed E-state index contributed by atoms with van der Waals surface area (Å²) in [6.07, 6.45) is 6.13. The van der Waals surface area contributed by atoms with E-state index in [1.54, 1.807) is 7.11 Å². The van der Waals surface area contributed by atoms with Crippen molar-refractivity contribution >= 4 is 0 Å². The normalized spacial score (nSPS) is 28.9. The molecule has 2 N–H and O–H groups in total. The molecule has 4 unspecified atom stereocenters. The summed E-state index contributed by atoms with van der Waals surface area (Å²) in [5, 5.41) is 0. The molecule has 0 heterocycles. The predicted octanol–water partition coefficient (Wildman–Crippen LogP) is 3.67. The van der Waals surface area contributed by atoms with Crippen LogP contribution in [0.5, 0.6) is 0 Å². The maximum atomic E-state index is 6.51. The smallest absolute Gasteiger partial charge is 0.0589 e. The number of hydrogen-bond acceptors (Lipinski definition) is 3. The second-order valence-corrected chi connectivity index (χ2v) is 7.57. The number of hydrogen-bond donors (Lipinski definition) is 1.